The third-order valence-electron chi connectivity index (χ3n) is 1.85. The SMILES string of the molecule is CC(O[P+](=O)OC(C)([N+](=O)[O-])[N+](=O)[O-])([N+](=O)[O-])[N+](=O)[O-]. The minimum absolute atomic E-state index is 0.277. The molecule has 0 saturated heterocycles. The summed E-state index contributed by atoms with van der Waals surface area (Å²) in [5, 5.41) is 41.7. The van der Waals surface area contributed by atoms with Gasteiger partial charge in [-0.2, -0.15) is 0 Å². The van der Waals surface area contributed by atoms with E-state index in [1.54, 1.807) is 0 Å². The molecular weight excluding hydrogens is 311 g/mol. The Balaban J connectivity index is 5.22. The maximum absolute atomic E-state index is 11.2. The van der Waals surface area contributed by atoms with Gasteiger partial charge < -0.3 is 0 Å². The Morgan fingerprint density at radius 3 is 1.10 bits per heavy atom. The van der Waals surface area contributed by atoms with Crippen molar-refractivity contribution in [2.75, 3.05) is 0 Å². The zero-order valence-electron chi connectivity index (χ0n) is 9.73. The topological polar surface area (TPSA) is 208 Å². The molecular formula is C4H6N4O11P+. The zero-order valence-corrected chi connectivity index (χ0v) is 10.6. The van der Waals surface area contributed by atoms with Crippen molar-refractivity contribution in [3.05, 3.63) is 40.5 Å². The summed E-state index contributed by atoms with van der Waals surface area (Å²) >= 11 is 0. The van der Waals surface area contributed by atoms with Gasteiger partial charge in [-0.05, 0) is 0 Å². The molecule has 0 atom stereocenters. The Hall–Kier alpha value is -2.38. The van der Waals surface area contributed by atoms with E-state index in [-0.39, 0.29) is 13.8 Å². The third-order valence-corrected chi connectivity index (χ3v) is 2.84. The molecule has 0 N–H and O–H groups in total. The van der Waals surface area contributed by atoms with Crippen LogP contribution in [0.5, 0.6) is 0 Å². The number of nitrogens with zero attached hydrogens (tertiary/aromatic N) is 4. The van der Waals surface area contributed by atoms with E-state index in [4.69, 9.17) is 0 Å². The molecule has 0 amide bonds. The number of rotatable bonds is 8. The highest BCUT2D eigenvalue weighted by Crippen LogP contribution is 2.37. The van der Waals surface area contributed by atoms with Crippen LogP contribution in [0.3, 0.4) is 0 Å². The average molecular weight is 317 g/mol. The molecule has 0 aromatic heterocycles. The Morgan fingerprint density at radius 2 is 0.950 bits per heavy atom. The van der Waals surface area contributed by atoms with Gasteiger partial charge in [0, 0.05) is 13.6 Å². The van der Waals surface area contributed by atoms with E-state index in [9.17, 15) is 45.0 Å². The maximum Gasteiger partial charge on any atom is 0.723 e. The summed E-state index contributed by atoms with van der Waals surface area (Å²) in [5.41, 5.74) is 0. The average Bonchev–Trinajstić information content (AvgIpc) is 2.27. The van der Waals surface area contributed by atoms with Crippen molar-refractivity contribution in [1.82, 2.24) is 0 Å². The van der Waals surface area contributed by atoms with Crippen molar-refractivity contribution >= 4 is 8.25 Å². The Bertz CT molecular complexity index is 419. The smallest absolute Gasteiger partial charge is 0.256 e. The van der Waals surface area contributed by atoms with E-state index in [1.165, 1.54) is 0 Å². The van der Waals surface area contributed by atoms with Crippen LogP contribution >= 0.6 is 8.25 Å². The summed E-state index contributed by atoms with van der Waals surface area (Å²) in [7, 11) is -3.90. The first-order valence-corrected chi connectivity index (χ1v) is 5.41. The molecule has 112 valence electrons. The molecule has 0 aliphatic carbocycles. The van der Waals surface area contributed by atoms with Crippen molar-refractivity contribution in [3.63, 3.8) is 0 Å². The van der Waals surface area contributed by atoms with Crippen LogP contribution in [0.2, 0.25) is 0 Å². The predicted molar refractivity (Wildman–Crippen MR) is 54.6 cm³/mol. The molecule has 15 nitrogen and oxygen atoms in total. The van der Waals surface area contributed by atoms with Gasteiger partial charge in [0.15, 0.2) is 0 Å². The van der Waals surface area contributed by atoms with Gasteiger partial charge in [-0.15, -0.1) is 0 Å². The summed E-state index contributed by atoms with van der Waals surface area (Å²) in [6.45, 7) is 0.554. The van der Waals surface area contributed by atoms with Gasteiger partial charge in [0.1, 0.15) is 33.5 Å². The number of nitro groups is 4. The highest BCUT2D eigenvalue weighted by atomic mass is 31.1. The standard InChI is InChI=1S/C4H6N4O11P/c1-3(5(9)10,6(11)12)18-20(17)19-4(2,7(13)14)8(15)16/h1-2H3/q+1. The molecule has 0 fully saturated rings. The van der Waals surface area contributed by atoms with E-state index in [2.05, 4.69) is 9.05 Å². The van der Waals surface area contributed by atoms with Gasteiger partial charge in [0.25, 0.3) is 0 Å². The lowest BCUT2D eigenvalue weighted by molar-refractivity contribution is -0.842. The minimum Gasteiger partial charge on any atom is -0.256 e. The van der Waals surface area contributed by atoms with E-state index >= 15 is 0 Å². The molecule has 0 radical (unpaired) electrons. The van der Waals surface area contributed by atoms with Crippen molar-refractivity contribution < 1.29 is 33.3 Å². The van der Waals surface area contributed by atoms with Gasteiger partial charge >= 0.3 is 20.0 Å². The molecule has 0 aliphatic rings. The van der Waals surface area contributed by atoms with Crippen LogP contribution in [-0.4, -0.2) is 31.4 Å². The summed E-state index contributed by atoms with van der Waals surface area (Å²) in [4.78, 5) is 35.3. The van der Waals surface area contributed by atoms with Gasteiger partial charge in [-0.25, -0.2) is 0 Å². The molecule has 0 rings (SSSR count). The molecule has 0 bridgehead atoms. The van der Waals surface area contributed by atoms with E-state index in [0.717, 1.165) is 0 Å². The van der Waals surface area contributed by atoms with Crippen LogP contribution in [0.4, 0.5) is 0 Å². The quantitative estimate of drug-likeness (QED) is 0.254. The summed E-state index contributed by atoms with van der Waals surface area (Å²) in [5.74, 6) is -6.89. The normalized spacial score (nSPS) is 11.7. The van der Waals surface area contributed by atoms with Gasteiger partial charge in [0.2, 0.25) is 0 Å². The van der Waals surface area contributed by atoms with Crippen LogP contribution in [0.15, 0.2) is 0 Å². The predicted octanol–water partition coefficient (Wildman–Crippen LogP) is 0.131. The van der Waals surface area contributed by atoms with Crippen LogP contribution in [-0.2, 0) is 13.6 Å². The van der Waals surface area contributed by atoms with Crippen LogP contribution in [0.25, 0.3) is 0 Å². The third kappa shape index (κ3) is 3.34. The molecule has 0 aromatic carbocycles. The first-order valence-electron chi connectivity index (χ1n) is 4.31. The van der Waals surface area contributed by atoms with Crippen molar-refractivity contribution in [2.45, 2.75) is 25.5 Å². The Kier molecular flexibility index (Phi) is 5.04. The molecule has 0 unspecified atom stereocenters. The highest BCUT2D eigenvalue weighted by Gasteiger charge is 2.68. The Morgan fingerprint density at radius 1 is 0.750 bits per heavy atom. The number of hydrogen-bond acceptors (Lipinski definition) is 11. The second-order valence-corrected chi connectivity index (χ2v) is 4.11. The lowest BCUT2D eigenvalue weighted by Gasteiger charge is -2.06. The van der Waals surface area contributed by atoms with Crippen molar-refractivity contribution in [3.8, 4) is 0 Å². The molecule has 0 heterocycles. The van der Waals surface area contributed by atoms with Gasteiger partial charge in [0.05, 0.1) is 0 Å². The van der Waals surface area contributed by atoms with Gasteiger partial charge in [-0.1, -0.05) is 0 Å². The van der Waals surface area contributed by atoms with Crippen molar-refractivity contribution in [1.29, 1.82) is 0 Å². The second kappa shape index (κ2) is 5.72. The largest absolute Gasteiger partial charge is 0.723 e. The zero-order chi connectivity index (χ0) is 16.3. The fraction of sp³-hybridized carbons (Fsp3) is 1.00. The molecule has 0 aromatic rings. The van der Waals surface area contributed by atoms with Gasteiger partial charge in [-0.3, -0.25) is 40.5 Å². The van der Waals surface area contributed by atoms with Crippen LogP contribution in [0, 0.1) is 40.5 Å². The first-order chi connectivity index (χ1) is 8.87. The maximum atomic E-state index is 11.2. The highest BCUT2D eigenvalue weighted by molar-refractivity contribution is 7.33. The summed E-state index contributed by atoms with van der Waals surface area (Å²) in [6.07, 6.45) is 0. The summed E-state index contributed by atoms with van der Waals surface area (Å²) < 4.78 is 18.9. The minimum atomic E-state index is -3.90. The molecule has 0 spiro atoms. The van der Waals surface area contributed by atoms with E-state index in [1.807, 2.05) is 0 Å². The van der Waals surface area contributed by atoms with Crippen LogP contribution < -0.4 is 0 Å². The summed E-state index contributed by atoms with van der Waals surface area (Å²) in [6, 6.07) is 0. The van der Waals surface area contributed by atoms with Crippen LogP contribution in [0.1, 0.15) is 13.8 Å². The van der Waals surface area contributed by atoms with E-state index < -0.39 is 39.6 Å². The lowest BCUT2D eigenvalue weighted by atomic mass is 10.5. The fourth-order valence-electron chi connectivity index (χ4n) is 0.568. The first kappa shape index (κ1) is 17.6. The second-order valence-electron chi connectivity index (χ2n) is 3.30. The monoisotopic (exact) mass is 317 g/mol. The van der Waals surface area contributed by atoms with E-state index in [0.29, 0.717) is 0 Å². The number of hydrogen-bond donors (Lipinski definition) is 0. The van der Waals surface area contributed by atoms with Crippen molar-refractivity contribution in [2.24, 2.45) is 0 Å². The lowest BCUT2D eigenvalue weighted by Crippen LogP contribution is -2.47. The fourth-order valence-corrected chi connectivity index (χ4v) is 1.44. The molecule has 16 heteroatoms. The molecule has 20 heavy (non-hydrogen) atoms. The molecule has 0 aliphatic heterocycles. The Labute approximate surface area is 109 Å². The molecule has 0 saturated carbocycles.